The van der Waals surface area contributed by atoms with Crippen molar-refractivity contribution in [3.8, 4) is 5.75 Å². The van der Waals surface area contributed by atoms with E-state index in [2.05, 4.69) is 11.9 Å². The molecule has 2 heterocycles. The molecule has 0 radical (unpaired) electrons. The number of aryl methyl sites for hydroxylation is 2. The molecule has 0 saturated carbocycles. The molecule has 1 fully saturated rings. The average molecular weight is 505 g/mol. The van der Waals surface area contributed by atoms with Gasteiger partial charge in [0.15, 0.2) is 0 Å². The van der Waals surface area contributed by atoms with Crippen LogP contribution in [0.1, 0.15) is 40.8 Å². The lowest BCUT2D eigenvalue weighted by Gasteiger charge is -2.25. The van der Waals surface area contributed by atoms with E-state index in [9.17, 15) is 14.7 Å². The number of amides is 1. The number of ether oxygens (including phenoxy) is 1. The number of Topliss-reactive ketones (excluding diaryl/α,β-unsaturated/α-hetero) is 1. The molecule has 6 heteroatoms. The molecule has 1 unspecified atom stereocenters. The van der Waals surface area contributed by atoms with E-state index in [1.54, 1.807) is 42.7 Å². The molecule has 0 spiro atoms. The molecule has 1 aliphatic rings. The van der Waals surface area contributed by atoms with E-state index in [1.807, 2.05) is 61.5 Å². The lowest BCUT2D eigenvalue weighted by Crippen LogP contribution is -2.29. The summed E-state index contributed by atoms with van der Waals surface area (Å²) in [5.74, 6) is -0.966. The Kier molecular flexibility index (Phi) is 7.05. The number of hydrogen-bond donors (Lipinski definition) is 1. The Balaban J connectivity index is 1.54. The number of anilines is 1. The highest BCUT2D eigenvalue weighted by Gasteiger charge is 2.47. The molecule has 1 aliphatic heterocycles. The van der Waals surface area contributed by atoms with E-state index in [4.69, 9.17) is 4.74 Å². The van der Waals surface area contributed by atoms with Crippen molar-refractivity contribution in [3.63, 3.8) is 0 Å². The maximum absolute atomic E-state index is 13.4. The van der Waals surface area contributed by atoms with Gasteiger partial charge in [0, 0.05) is 23.6 Å². The molecule has 190 valence electrons. The van der Waals surface area contributed by atoms with Crippen molar-refractivity contribution in [1.29, 1.82) is 0 Å². The molecular weight excluding hydrogens is 476 g/mol. The van der Waals surface area contributed by atoms with Gasteiger partial charge in [0.05, 0.1) is 11.6 Å². The summed E-state index contributed by atoms with van der Waals surface area (Å²) >= 11 is 0. The van der Waals surface area contributed by atoms with E-state index < -0.39 is 17.7 Å². The molecule has 1 atom stereocenters. The van der Waals surface area contributed by atoms with Crippen molar-refractivity contribution < 1.29 is 19.4 Å². The van der Waals surface area contributed by atoms with Gasteiger partial charge in [-0.3, -0.25) is 19.5 Å². The first kappa shape index (κ1) is 25.0. The average Bonchev–Trinajstić information content (AvgIpc) is 3.23. The van der Waals surface area contributed by atoms with Gasteiger partial charge in [0.1, 0.15) is 18.1 Å². The van der Waals surface area contributed by atoms with Crippen molar-refractivity contribution in [2.75, 3.05) is 4.90 Å². The zero-order valence-corrected chi connectivity index (χ0v) is 21.3. The summed E-state index contributed by atoms with van der Waals surface area (Å²) in [5.41, 5.74) is 4.71. The van der Waals surface area contributed by atoms with Gasteiger partial charge >= 0.3 is 0 Å². The molecule has 5 rings (SSSR count). The van der Waals surface area contributed by atoms with Crippen LogP contribution in [0.25, 0.3) is 5.76 Å². The SMILES string of the molecule is CCc1ccc(N2C(=O)C(=O)/C(=C(\O)c3ccc(OCc4ccccc4)c(C)c3)C2c2ccncc2)cc1. The van der Waals surface area contributed by atoms with Crippen molar-refractivity contribution in [1.82, 2.24) is 4.98 Å². The van der Waals surface area contributed by atoms with Crippen LogP contribution < -0.4 is 9.64 Å². The summed E-state index contributed by atoms with van der Waals surface area (Å²) in [6.45, 7) is 4.35. The van der Waals surface area contributed by atoms with Gasteiger partial charge in [-0.25, -0.2) is 0 Å². The third kappa shape index (κ3) is 4.81. The molecule has 4 aromatic rings. The monoisotopic (exact) mass is 504 g/mol. The van der Waals surface area contributed by atoms with Crippen molar-refractivity contribution >= 4 is 23.1 Å². The molecule has 1 aromatic heterocycles. The lowest BCUT2D eigenvalue weighted by molar-refractivity contribution is -0.132. The summed E-state index contributed by atoms with van der Waals surface area (Å²) < 4.78 is 5.97. The number of ketones is 1. The normalized spacial score (nSPS) is 16.6. The van der Waals surface area contributed by atoms with Gasteiger partial charge < -0.3 is 9.84 Å². The minimum atomic E-state index is -0.792. The Morgan fingerprint density at radius 1 is 0.921 bits per heavy atom. The van der Waals surface area contributed by atoms with E-state index in [-0.39, 0.29) is 11.3 Å². The van der Waals surface area contributed by atoms with E-state index in [1.165, 1.54) is 4.90 Å². The Hall–Kier alpha value is -4.71. The minimum absolute atomic E-state index is 0.0399. The minimum Gasteiger partial charge on any atom is -0.507 e. The highest BCUT2D eigenvalue weighted by atomic mass is 16.5. The van der Waals surface area contributed by atoms with Crippen molar-refractivity contribution in [2.45, 2.75) is 32.9 Å². The third-order valence-electron chi connectivity index (χ3n) is 6.77. The highest BCUT2D eigenvalue weighted by Crippen LogP contribution is 2.42. The largest absolute Gasteiger partial charge is 0.507 e. The molecule has 1 N–H and O–H groups in total. The van der Waals surface area contributed by atoms with Gasteiger partial charge in [0.25, 0.3) is 11.7 Å². The van der Waals surface area contributed by atoms with Crippen LogP contribution in [0.5, 0.6) is 5.75 Å². The number of aromatic nitrogens is 1. The Labute approximate surface area is 221 Å². The lowest BCUT2D eigenvalue weighted by atomic mass is 9.95. The number of pyridine rings is 1. The molecular formula is C32H28N2O4. The van der Waals surface area contributed by atoms with Crippen LogP contribution in [0.3, 0.4) is 0 Å². The van der Waals surface area contributed by atoms with Crippen LogP contribution in [0.15, 0.2) is 103 Å². The fraction of sp³-hybridized carbons (Fsp3) is 0.156. The first-order chi connectivity index (χ1) is 18.5. The number of aliphatic hydroxyl groups is 1. The zero-order valence-electron chi connectivity index (χ0n) is 21.3. The molecule has 38 heavy (non-hydrogen) atoms. The fourth-order valence-electron chi connectivity index (χ4n) is 4.70. The molecule has 0 bridgehead atoms. The molecule has 0 aliphatic carbocycles. The first-order valence-corrected chi connectivity index (χ1v) is 12.6. The van der Waals surface area contributed by atoms with E-state index >= 15 is 0 Å². The van der Waals surface area contributed by atoms with Crippen molar-refractivity contribution in [2.24, 2.45) is 0 Å². The molecule has 6 nitrogen and oxygen atoms in total. The van der Waals surface area contributed by atoms with Gasteiger partial charge in [-0.1, -0.05) is 49.4 Å². The zero-order chi connectivity index (χ0) is 26.6. The number of benzene rings is 3. The predicted molar refractivity (Wildman–Crippen MR) is 147 cm³/mol. The number of aliphatic hydroxyl groups excluding tert-OH is 1. The van der Waals surface area contributed by atoms with Crippen LogP contribution in [-0.4, -0.2) is 21.8 Å². The maximum atomic E-state index is 13.4. The summed E-state index contributed by atoms with van der Waals surface area (Å²) in [5, 5.41) is 11.4. The second-order valence-corrected chi connectivity index (χ2v) is 9.22. The molecule has 1 saturated heterocycles. The quantitative estimate of drug-likeness (QED) is 0.185. The predicted octanol–water partition coefficient (Wildman–Crippen LogP) is 6.16. The first-order valence-electron chi connectivity index (χ1n) is 12.6. The van der Waals surface area contributed by atoms with Crippen LogP contribution in [0.4, 0.5) is 5.69 Å². The summed E-state index contributed by atoms with van der Waals surface area (Å²) in [6, 6.07) is 25.4. The maximum Gasteiger partial charge on any atom is 0.300 e. The molecule has 1 amide bonds. The number of rotatable bonds is 7. The van der Waals surface area contributed by atoms with Crippen molar-refractivity contribution in [3.05, 3.63) is 131 Å². The number of carbonyl (C=O) groups is 2. The Bertz CT molecular complexity index is 1500. The summed E-state index contributed by atoms with van der Waals surface area (Å²) in [4.78, 5) is 32.2. The van der Waals surface area contributed by atoms with Gasteiger partial charge in [-0.05, 0) is 78.1 Å². The van der Waals surface area contributed by atoms with Crippen LogP contribution in [0.2, 0.25) is 0 Å². The smallest absolute Gasteiger partial charge is 0.300 e. The number of nitrogens with zero attached hydrogens (tertiary/aromatic N) is 2. The third-order valence-corrected chi connectivity index (χ3v) is 6.77. The van der Waals surface area contributed by atoms with Crippen LogP contribution >= 0.6 is 0 Å². The van der Waals surface area contributed by atoms with E-state index in [0.29, 0.717) is 29.2 Å². The molecule has 3 aromatic carbocycles. The van der Waals surface area contributed by atoms with Gasteiger partial charge in [-0.15, -0.1) is 0 Å². The van der Waals surface area contributed by atoms with Crippen LogP contribution in [-0.2, 0) is 22.6 Å². The second-order valence-electron chi connectivity index (χ2n) is 9.22. The highest BCUT2D eigenvalue weighted by molar-refractivity contribution is 6.51. The summed E-state index contributed by atoms with van der Waals surface area (Å²) in [7, 11) is 0. The van der Waals surface area contributed by atoms with Gasteiger partial charge in [0.2, 0.25) is 0 Å². The van der Waals surface area contributed by atoms with E-state index in [0.717, 1.165) is 23.1 Å². The number of carbonyl (C=O) groups excluding carboxylic acids is 2. The Morgan fingerprint density at radius 2 is 1.63 bits per heavy atom. The topological polar surface area (TPSA) is 79.7 Å². The standard InChI is InChI=1S/C32H28N2O4/c1-3-22-9-12-26(13-10-22)34-29(24-15-17-33-18-16-24)28(31(36)32(34)37)30(35)25-11-14-27(21(2)19-25)38-20-23-7-5-4-6-8-23/h4-19,29,35H,3,20H2,1-2H3/b30-28-. The fourth-order valence-corrected chi connectivity index (χ4v) is 4.70. The van der Waals surface area contributed by atoms with Crippen LogP contribution in [0, 0.1) is 6.92 Å². The summed E-state index contributed by atoms with van der Waals surface area (Å²) in [6.07, 6.45) is 4.08. The van der Waals surface area contributed by atoms with Gasteiger partial charge in [-0.2, -0.15) is 0 Å². The Morgan fingerprint density at radius 3 is 2.29 bits per heavy atom. The second kappa shape index (κ2) is 10.7. The number of hydrogen-bond acceptors (Lipinski definition) is 5.